The number of carbonyl (C=O) groups is 1. The molecule has 1 aliphatic rings. The van der Waals surface area contributed by atoms with Crippen LogP contribution in [0.3, 0.4) is 0 Å². The number of rotatable bonds is 1. The van der Waals surface area contributed by atoms with Gasteiger partial charge in [-0.25, -0.2) is 0 Å². The lowest BCUT2D eigenvalue weighted by Crippen LogP contribution is -2.31. The smallest absolute Gasteiger partial charge is 0.250 e. The third-order valence-electron chi connectivity index (χ3n) is 2.64. The van der Waals surface area contributed by atoms with Crippen LogP contribution in [0.1, 0.15) is 12.5 Å². The van der Waals surface area contributed by atoms with Gasteiger partial charge in [-0.1, -0.05) is 29.3 Å². The number of hydrogen-bond acceptors (Lipinski definition) is 4. The number of aliphatic hydroxyl groups excluding tert-OH is 1. The number of aliphatic hydroxyl groups is 1. The fraction of sp³-hybridized carbons (Fsp3) is 0.182. The average Bonchev–Trinajstić information content (AvgIpc) is 2.43. The molecular formula is C11H9Cl2NO3. The molecular weight excluding hydrogens is 265 g/mol. The quantitative estimate of drug-likeness (QED) is 0.825. The highest BCUT2D eigenvalue weighted by Gasteiger charge is 2.48. The van der Waals surface area contributed by atoms with Crippen LogP contribution < -0.4 is 5.73 Å². The van der Waals surface area contributed by atoms with Gasteiger partial charge in [0.15, 0.2) is 0 Å². The van der Waals surface area contributed by atoms with Crippen LogP contribution in [0.2, 0.25) is 10.0 Å². The Morgan fingerprint density at radius 3 is 2.53 bits per heavy atom. The molecule has 0 bridgehead atoms. The van der Waals surface area contributed by atoms with Gasteiger partial charge in [-0.3, -0.25) is 4.79 Å². The molecule has 4 nitrogen and oxygen atoms in total. The molecule has 0 amide bonds. The van der Waals surface area contributed by atoms with E-state index in [4.69, 9.17) is 33.7 Å². The maximum atomic E-state index is 11.9. The van der Waals surface area contributed by atoms with Crippen molar-refractivity contribution < 1.29 is 14.6 Å². The van der Waals surface area contributed by atoms with Crippen LogP contribution >= 0.6 is 23.2 Å². The summed E-state index contributed by atoms with van der Waals surface area (Å²) in [5.41, 5.74) is 4.38. The van der Waals surface area contributed by atoms with Crippen molar-refractivity contribution in [3.8, 4) is 0 Å². The molecule has 1 aliphatic heterocycles. The van der Waals surface area contributed by atoms with Gasteiger partial charge in [0, 0.05) is 15.6 Å². The number of ether oxygens (including phenoxy) is 1. The van der Waals surface area contributed by atoms with Crippen LogP contribution in [-0.2, 0) is 15.1 Å². The van der Waals surface area contributed by atoms with Crippen molar-refractivity contribution in [1.29, 1.82) is 0 Å². The summed E-state index contributed by atoms with van der Waals surface area (Å²) in [5, 5.41) is 10.1. The van der Waals surface area contributed by atoms with Gasteiger partial charge in [-0.15, -0.1) is 0 Å². The summed E-state index contributed by atoms with van der Waals surface area (Å²) in [4.78, 5) is 11.9. The zero-order chi connectivity index (χ0) is 12.8. The molecule has 1 aromatic rings. The van der Waals surface area contributed by atoms with Crippen LogP contribution in [0.5, 0.6) is 0 Å². The number of carbonyl (C=O) groups excluding carboxylic acids is 1. The van der Waals surface area contributed by atoms with E-state index in [1.165, 1.54) is 13.0 Å². The fourth-order valence-corrected chi connectivity index (χ4v) is 2.29. The number of ketones is 1. The summed E-state index contributed by atoms with van der Waals surface area (Å²) in [6.07, 6.45) is 0. The molecule has 1 unspecified atom stereocenters. The van der Waals surface area contributed by atoms with E-state index in [1.54, 1.807) is 12.1 Å². The Kier molecular flexibility index (Phi) is 2.72. The van der Waals surface area contributed by atoms with E-state index in [0.29, 0.717) is 10.6 Å². The molecule has 1 atom stereocenters. The number of Topliss-reactive ketones (excluding diaryl/α,β-unsaturated/α-hetero) is 1. The van der Waals surface area contributed by atoms with Gasteiger partial charge >= 0.3 is 0 Å². The summed E-state index contributed by atoms with van der Waals surface area (Å²) in [6, 6.07) is 4.64. The van der Waals surface area contributed by atoms with Crippen molar-refractivity contribution in [3.05, 3.63) is 45.5 Å². The molecule has 0 spiro atoms. The molecule has 0 radical (unpaired) electrons. The maximum Gasteiger partial charge on any atom is 0.250 e. The Labute approximate surface area is 108 Å². The first-order chi connectivity index (χ1) is 7.86. The summed E-state index contributed by atoms with van der Waals surface area (Å²) in [5.74, 6) is -1.51. The summed E-state index contributed by atoms with van der Waals surface area (Å²) >= 11 is 11.8. The minimum Gasteiger partial charge on any atom is -0.501 e. The standard InChI is InChI=1S/C11H9Cl2NO3/c1-11(9(16)8(15)10(14)17-11)6-3-2-5(12)4-7(6)13/h2-4,15H,14H2,1H3. The molecule has 3 N–H and O–H groups in total. The second-order valence-corrected chi connectivity index (χ2v) is 4.65. The zero-order valence-electron chi connectivity index (χ0n) is 8.83. The minimum absolute atomic E-state index is 0.274. The molecule has 0 aromatic heterocycles. The molecule has 2 rings (SSSR count). The third-order valence-corrected chi connectivity index (χ3v) is 3.19. The van der Waals surface area contributed by atoms with Crippen molar-refractivity contribution in [1.82, 2.24) is 0 Å². The maximum absolute atomic E-state index is 11.9. The van der Waals surface area contributed by atoms with Crippen LogP contribution in [0.25, 0.3) is 0 Å². The fourth-order valence-electron chi connectivity index (χ4n) is 1.71. The van der Waals surface area contributed by atoms with Gasteiger partial charge in [-0.2, -0.15) is 0 Å². The number of halogens is 2. The van der Waals surface area contributed by atoms with Gasteiger partial charge in [0.25, 0.3) is 5.78 Å². The summed E-state index contributed by atoms with van der Waals surface area (Å²) in [6.45, 7) is 1.49. The lowest BCUT2D eigenvalue weighted by molar-refractivity contribution is -0.131. The van der Waals surface area contributed by atoms with Gasteiger partial charge in [-0.05, 0) is 19.1 Å². The van der Waals surface area contributed by atoms with Crippen LogP contribution in [0.15, 0.2) is 29.8 Å². The first kappa shape index (κ1) is 12.1. The Morgan fingerprint density at radius 2 is 2.06 bits per heavy atom. The second kappa shape index (κ2) is 3.82. The summed E-state index contributed by atoms with van der Waals surface area (Å²) < 4.78 is 5.21. The topological polar surface area (TPSA) is 72.6 Å². The SMILES string of the molecule is CC1(c2ccc(Cl)cc2Cl)OC(N)=C(O)C1=O. The number of benzene rings is 1. The Balaban J connectivity index is 2.52. The van der Waals surface area contributed by atoms with Gasteiger partial charge < -0.3 is 15.6 Å². The Bertz CT molecular complexity index is 542. The van der Waals surface area contributed by atoms with E-state index < -0.39 is 17.1 Å². The highest BCUT2D eigenvalue weighted by atomic mass is 35.5. The van der Waals surface area contributed by atoms with Crippen molar-refractivity contribution in [2.24, 2.45) is 5.73 Å². The van der Waals surface area contributed by atoms with Crippen molar-refractivity contribution in [2.45, 2.75) is 12.5 Å². The van der Waals surface area contributed by atoms with E-state index in [-0.39, 0.29) is 10.9 Å². The van der Waals surface area contributed by atoms with Crippen LogP contribution in [0, 0.1) is 0 Å². The van der Waals surface area contributed by atoms with Crippen LogP contribution in [-0.4, -0.2) is 10.9 Å². The average molecular weight is 274 g/mol. The number of nitrogens with two attached hydrogens (primary N) is 1. The van der Waals surface area contributed by atoms with E-state index in [2.05, 4.69) is 0 Å². The van der Waals surface area contributed by atoms with E-state index in [0.717, 1.165) is 0 Å². The Morgan fingerprint density at radius 1 is 1.41 bits per heavy atom. The van der Waals surface area contributed by atoms with Gasteiger partial charge in [0.1, 0.15) is 0 Å². The van der Waals surface area contributed by atoms with Gasteiger partial charge in [0.05, 0.1) is 0 Å². The molecule has 0 saturated carbocycles. The largest absolute Gasteiger partial charge is 0.501 e. The molecule has 1 heterocycles. The van der Waals surface area contributed by atoms with Crippen molar-refractivity contribution in [2.75, 3.05) is 0 Å². The van der Waals surface area contributed by atoms with E-state index in [1.807, 2.05) is 0 Å². The molecule has 0 aliphatic carbocycles. The molecule has 90 valence electrons. The van der Waals surface area contributed by atoms with E-state index >= 15 is 0 Å². The van der Waals surface area contributed by atoms with Crippen molar-refractivity contribution >= 4 is 29.0 Å². The predicted octanol–water partition coefficient (Wildman–Crippen LogP) is 2.49. The Hall–Kier alpha value is -1.39. The first-order valence-corrected chi connectivity index (χ1v) is 5.50. The lowest BCUT2D eigenvalue weighted by Gasteiger charge is -2.23. The molecule has 1 aromatic carbocycles. The lowest BCUT2D eigenvalue weighted by atomic mass is 9.91. The number of hydrogen-bond donors (Lipinski definition) is 2. The predicted molar refractivity (Wildman–Crippen MR) is 63.7 cm³/mol. The third kappa shape index (κ3) is 1.73. The highest BCUT2D eigenvalue weighted by Crippen LogP contribution is 2.40. The first-order valence-electron chi connectivity index (χ1n) is 4.74. The zero-order valence-corrected chi connectivity index (χ0v) is 10.3. The molecule has 6 heteroatoms. The van der Waals surface area contributed by atoms with Gasteiger partial charge in [0.2, 0.25) is 17.2 Å². The monoisotopic (exact) mass is 273 g/mol. The molecule has 0 fully saturated rings. The van der Waals surface area contributed by atoms with Crippen molar-refractivity contribution in [3.63, 3.8) is 0 Å². The van der Waals surface area contributed by atoms with Crippen LogP contribution in [0.4, 0.5) is 0 Å². The van der Waals surface area contributed by atoms with E-state index in [9.17, 15) is 9.90 Å². The normalized spacial score (nSPS) is 24.1. The second-order valence-electron chi connectivity index (χ2n) is 3.80. The molecule has 0 saturated heterocycles. The summed E-state index contributed by atoms with van der Waals surface area (Å²) in [7, 11) is 0. The molecule has 17 heavy (non-hydrogen) atoms. The highest BCUT2D eigenvalue weighted by molar-refractivity contribution is 6.35. The minimum atomic E-state index is -1.41.